The Balaban J connectivity index is 1.96. The van der Waals surface area contributed by atoms with Crippen LogP contribution in [0.4, 0.5) is 0 Å². The van der Waals surface area contributed by atoms with E-state index >= 15 is 0 Å². The van der Waals surface area contributed by atoms with Crippen LogP contribution in [0.2, 0.25) is 0 Å². The predicted octanol–water partition coefficient (Wildman–Crippen LogP) is 3.59. The summed E-state index contributed by atoms with van der Waals surface area (Å²) in [4.78, 5) is 4.69. The van der Waals surface area contributed by atoms with Crippen molar-refractivity contribution in [3.05, 3.63) is 30.3 Å². The lowest BCUT2D eigenvalue weighted by atomic mass is 10.1. The number of hydrogen-bond donors (Lipinski definition) is 0. The van der Waals surface area contributed by atoms with Crippen LogP contribution in [0.25, 0.3) is 0 Å². The van der Waals surface area contributed by atoms with Crippen molar-refractivity contribution in [2.24, 2.45) is 4.99 Å². The molecule has 0 saturated carbocycles. The van der Waals surface area contributed by atoms with Gasteiger partial charge >= 0.3 is 0 Å². The van der Waals surface area contributed by atoms with E-state index in [1.165, 1.54) is 0 Å². The second-order valence-corrected chi connectivity index (χ2v) is 8.15. The summed E-state index contributed by atoms with van der Waals surface area (Å²) in [5.41, 5.74) is 0.987. The molecule has 5 heteroatoms. The second-order valence-electron chi connectivity index (χ2n) is 4.85. The van der Waals surface area contributed by atoms with E-state index in [4.69, 9.17) is 0 Å². The lowest BCUT2D eigenvalue weighted by Crippen LogP contribution is -2.23. The molecule has 1 atom stereocenters. The lowest BCUT2D eigenvalue weighted by molar-refractivity contribution is 0.594. The van der Waals surface area contributed by atoms with Crippen LogP contribution >= 0.6 is 15.9 Å². The van der Waals surface area contributed by atoms with E-state index in [2.05, 4.69) is 27.8 Å². The van der Waals surface area contributed by atoms with Crippen LogP contribution in [0.15, 0.2) is 40.2 Å². The molecule has 0 spiro atoms. The molecule has 1 aliphatic heterocycles. The molecule has 0 fully saturated rings. The van der Waals surface area contributed by atoms with E-state index in [-0.39, 0.29) is 5.75 Å². The molecule has 19 heavy (non-hydrogen) atoms. The Labute approximate surface area is 123 Å². The van der Waals surface area contributed by atoms with Crippen molar-refractivity contribution in [3.8, 4) is 0 Å². The molecule has 0 radical (unpaired) electrons. The fourth-order valence-corrected chi connectivity index (χ4v) is 4.84. The van der Waals surface area contributed by atoms with Crippen LogP contribution in [-0.2, 0) is 9.84 Å². The maximum absolute atomic E-state index is 12.3. The first-order chi connectivity index (χ1) is 8.98. The first kappa shape index (κ1) is 14.7. The zero-order valence-corrected chi connectivity index (χ0v) is 13.4. The molecule has 1 unspecified atom stereocenters. The summed E-state index contributed by atoms with van der Waals surface area (Å²) in [6.07, 6.45) is 4.29. The fourth-order valence-electron chi connectivity index (χ4n) is 2.05. The molecular weight excluding hydrogens is 326 g/mol. The molecule has 0 N–H and O–H groups in total. The second kappa shape index (κ2) is 5.75. The molecule has 2 rings (SSSR count). The molecule has 0 aromatic heterocycles. The number of halogens is 1. The molecule has 0 bridgehead atoms. The van der Waals surface area contributed by atoms with Gasteiger partial charge in [0.05, 0.1) is 16.4 Å². The first-order valence-electron chi connectivity index (χ1n) is 6.54. The first-order valence-corrected chi connectivity index (χ1v) is 8.98. The SMILES string of the molecule is CCCCCC1=NC1(Br)CS(=O)(=O)c1ccccc1. The van der Waals surface area contributed by atoms with Crippen molar-refractivity contribution in [3.63, 3.8) is 0 Å². The highest BCUT2D eigenvalue weighted by molar-refractivity contribution is 9.10. The van der Waals surface area contributed by atoms with Crippen LogP contribution in [0.1, 0.15) is 32.6 Å². The monoisotopic (exact) mass is 343 g/mol. The van der Waals surface area contributed by atoms with Gasteiger partial charge in [0.15, 0.2) is 14.3 Å². The summed E-state index contributed by atoms with van der Waals surface area (Å²) < 4.78 is 23.9. The average molecular weight is 344 g/mol. The minimum atomic E-state index is -3.28. The van der Waals surface area contributed by atoms with Crippen LogP contribution in [0.5, 0.6) is 0 Å². The van der Waals surface area contributed by atoms with Crippen LogP contribution in [0, 0.1) is 0 Å². The van der Waals surface area contributed by atoms with Gasteiger partial charge in [-0.05, 0) is 25.0 Å². The molecule has 1 aliphatic rings. The predicted molar refractivity (Wildman–Crippen MR) is 81.7 cm³/mol. The third-order valence-corrected chi connectivity index (χ3v) is 6.28. The highest BCUT2D eigenvalue weighted by atomic mass is 79.9. The summed E-state index contributed by atoms with van der Waals surface area (Å²) in [5, 5.41) is 0. The average Bonchev–Trinajstić information content (AvgIpc) is 3.00. The molecule has 3 nitrogen and oxygen atoms in total. The lowest BCUT2D eigenvalue weighted by Gasteiger charge is -2.09. The summed E-state index contributed by atoms with van der Waals surface area (Å²) >= 11 is 3.46. The van der Waals surface area contributed by atoms with Gasteiger partial charge in [-0.3, -0.25) is 4.99 Å². The molecule has 104 valence electrons. The van der Waals surface area contributed by atoms with Crippen molar-refractivity contribution < 1.29 is 8.42 Å². The number of alkyl halides is 1. The Morgan fingerprint density at radius 2 is 1.89 bits per heavy atom. The van der Waals surface area contributed by atoms with Gasteiger partial charge in [0.25, 0.3) is 0 Å². The zero-order chi connectivity index (χ0) is 13.9. The minimum absolute atomic E-state index is 0.0193. The number of nitrogens with zero attached hydrogens (tertiary/aromatic N) is 1. The summed E-state index contributed by atoms with van der Waals surface area (Å²) in [6.45, 7) is 2.15. The largest absolute Gasteiger partial charge is 0.265 e. The van der Waals surface area contributed by atoms with Crippen molar-refractivity contribution >= 4 is 31.5 Å². The van der Waals surface area contributed by atoms with Crippen molar-refractivity contribution in [1.82, 2.24) is 0 Å². The Bertz CT molecular complexity index is 568. The Hall–Kier alpha value is -0.680. The summed E-state index contributed by atoms with van der Waals surface area (Å²) in [5.74, 6) is 0.0193. The van der Waals surface area contributed by atoms with Crippen LogP contribution in [0.3, 0.4) is 0 Å². The highest BCUT2D eigenvalue weighted by Crippen LogP contribution is 2.40. The number of aliphatic imine (C=N–C) groups is 1. The minimum Gasteiger partial charge on any atom is -0.265 e. The van der Waals surface area contributed by atoms with Gasteiger partial charge in [-0.2, -0.15) is 0 Å². The van der Waals surface area contributed by atoms with E-state index in [0.717, 1.165) is 31.4 Å². The Morgan fingerprint density at radius 3 is 2.53 bits per heavy atom. The number of unbranched alkanes of at least 4 members (excludes halogenated alkanes) is 2. The molecule has 1 heterocycles. The van der Waals surface area contributed by atoms with Crippen molar-refractivity contribution in [2.45, 2.75) is 42.0 Å². The van der Waals surface area contributed by atoms with Gasteiger partial charge in [0.2, 0.25) is 0 Å². The van der Waals surface area contributed by atoms with Crippen molar-refractivity contribution in [1.29, 1.82) is 0 Å². The number of benzene rings is 1. The van der Waals surface area contributed by atoms with E-state index in [1.807, 2.05) is 6.07 Å². The Morgan fingerprint density at radius 1 is 1.21 bits per heavy atom. The van der Waals surface area contributed by atoms with Crippen molar-refractivity contribution in [2.75, 3.05) is 5.75 Å². The summed E-state index contributed by atoms with van der Waals surface area (Å²) in [6, 6.07) is 8.55. The third-order valence-electron chi connectivity index (χ3n) is 3.21. The number of rotatable bonds is 7. The molecular formula is C14H18BrNO2S. The molecule has 1 aromatic carbocycles. The van der Waals surface area contributed by atoms with E-state index in [0.29, 0.717) is 4.90 Å². The van der Waals surface area contributed by atoms with Crippen LogP contribution in [-0.4, -0.2) is 24.3 Å². The standard InChI is InChI=1S/C14H18BrNO2S/c1-2-3-5-10-13-14(15,16-13)11-19(17,18)12-8-6-4-7-9-12/h4,6-9H,2-3,5,10-11H2,1H3. The fraction of sp³-hybridized carbons (Fsp3) is 0.500. The maximum Gasteiger partial charge on any atom is 0.182 e. The smallest absolute Gasteiger partial charge is 0.182 e. The van der Waals surface area contributed by atoms with Gasteiger partial charge in [-0.25, -0.2) is 8.42 Å². The quantitative estimate of drug-likeness (QED) is 0.431. The van der Waals surface area contributed by atoms with Gasteiger partial charge in [-0.15, -0.1) is 0 Å². The molecule has 1 aromatic rings. The number of hydrogen-bond acceptors (Lipinski definition) is 3. The van der Waals surface area contributed by atoms with E-state index in [9.17, 15) is 8.42 Å². The Kier molecular flexibility index (Phi) is 4.46. The van der Waals surface area contributed by atoms with E-state index < -0.39 is 14.3 Å². The maximum atomic E-state index is 12.3. The number of sulfone groups is 1. The molecule has 0 aliphatic carbocycles. The molecule has 0 saturated heterocycles. The van der Waals surface area contributed by atoms with Crippen LogP contribution < -0.4 is 0 Å². The van der Waals surface area contributed by atoms with Gasteiger partial charge in [0.1, 0.15) is 0 Å². The summed E-state index contributed by atoms with van der Waals surface area (Å²) in [7, 11) is -3.28. The molecule has 0 amide bonds. The van der Waals surface area contributed by atoms with Gasteiger partial charge in [-0.1, -0.05) is 53.9 Å². The van der Waals surface area contributed by atoms with Gasteiger partial charge in [0, 0.05) is 0 Å². The normalized spacial score (nSPS) is 22.1. The van der Waals surface area contributed by atoms with Gasteiger partial charge < -0.3 is 0 Å². The third kappa shape index (κ3) is 3.66. The van der Waals surface area contributed by atoms with E-state index in [1.54, 1.807) is 24.3 Å². The highest BCUT2D eigenvalue weighted by Gasteiger charge is 2.47. The topological polar surface area (TPSA) is 46.5 Å². The zero-order valence-electron chi connectivity index (χ0n) is 11.0.